The fraction of sp³-hybridized carbons (Fsp3) is 0.600. The summed E-state index contributed by atoms with van der Waals surface area (Å²) in [6, 6.07) is 1.58. The second-order valence-electron chi connectivity index (χ2n) is 2.29. The number of hydrogen-bond donors (Lipinski definition) is 1. The van der Waals surface area contributed by atoms with Crippen molar-refractivity contribution in [3.05, 3.63) is 0 Å². The molecule has 0 bridgehead atoms. The highest BCUT2D eigenvalue weighted by atomic mass is 32.2. The summed E-state index contributed by atoms with van der Waals surface area (Å²) in [5, 5.41) is 6.67. The van der Waals surface area contributed by atoms with E-state index in [0.717, 1.165) is 0 Å². The first-order chi connectivity index (χ1) is 5.45. The van der Waals surface area contributed by atoms with Gasteiger partial charge in [-0.25, -0.2) is 0 Å². The Bertz CT molecular complexity index is 339. The third-order valence-electron chi connectivity index (χ3n) is 1.45. The van der Waals surface area contributed by atoms with E-state index in [9.17, 15) is 13.2 Å². The van der Waals surface area contributed by atoms with Crippen molar-refractivity contribution in [1.29, 1.82) is 5.26 Å². The Morgan fingerprint density at radius 2 is 2.25 bits per heavy atom. The lowest BCUT2D eigenvalue weighted by Gasteiger charge is -1.97. The summed E-state index contributed by atoms with van der Waals surface area (Å²) >= 11 is 0. The molecule has 0 aromatic heterocycles. The SMILES string of the molecule is N#CC1CC(S(=O)(=O)O)C(=O)O1. The molecular weight excluding hydrogens is 186 g/mol. The van der Waals surface area contributed by atoms with Crippen LogP contribution in [0.2, 0.25) is 0 Å². The van der Waals surface area contributed by atoms with Crippen LogP contribution in [0.1, 0.15) is 6.42 Å². The molecule has 7 heteroatoms. The monoisotopic (exact) mass is 191 g/mol. The lowest BCUT2D eigenvalue weighted by molar-refractivity contribution is -0.139. The zero-order valence-corrected chi connectivity index (χ0v) is 6.61. The molecule has 1 N–H and O–H groups in total. The Balaban J connectivity index is 2.87. The molecule has 0 aromatic carbocycles. The van der Waals surface area contributed by atoms with Gasteiger partial charge in [0.2, 0.25) is 0 Å². The van der Waals surface area contributed by atoms with E-state index in [1.54, 1.807) is 6.07 Å². The van der Waals surface area contributed by atoms with Crippen molar-refractivity contribution in [2.75, 3.05) is 0 Å². The Morgan fingerprint density at radius 3 is 2.50 bits per heavy atom. The number of esters is 1. The van der Waals surface area contributed by atoms with Gasteiger partial charge < -0.3 is 4.74 Å². The smallest absolute Gasteiger partial charge is 0.328 e. The standard InChI is InChI=1S/C5H5NO5S/c6-2-3-1-4(5(7)11-3)12(8,9)10/h3-4H,1H2,(H,8,9,10). The van der Waals surface area contributed by atoms with Crippen LogP contribution in [-0.2, 0) is 19.6 Å². The zero-order chi connectivity index (χ0) is 9.35. The topological polar surface area (TPSA) is 104 Å². The highest BCUT2D eigenvalue weighted by molar-refractivity contribution is 7.87. The molecule has 0 radical (unpaired) electrons. The average molecular weight is 191 g/mol. The van der Waals surface area contributed by atoms with Gasteiger partial charge in [0.1, 0.15) is 6.07 Å². The summed E-state index contributed by atoms with van der Waals surface area (Å²) in [5.41, 5.74) is 0. The van der Waals surface area contributed by atoms with Crippen molar-refractivity contribution in [3.63, 3.8) is 0 Å². The van der Waals surface area contributed by atoms with Crippen molar-refractivity contribution in [3.8, 4) is 6.07 Å². The molecule has 0 saturated carbocycles. The Morgan fingerprint density at radius 1 is 1.67 bits per heavy atom. The van der Waals surface area contributed by atoms with Crippen molar-refractivity contribution in [1.82, 2.24) is 0 Å². The molecule has 1 heterocycles. The number of carbonyl (C=O) groups excluding carboxylic acids is 1. The van der Waals surface area contributed by atoms with Gasteiger partial charge in [0.15, 0.2) is 11.4 Å². The van der Waals surface area contributed by atoms with Crippen molar-refractivity contribution >= 4 is 16.1 Å². The molecule has 2 atom stereocenters. The van der Waals surface area contributed by atoms with Gasteiger partial charge in [-0.2, -0.15) is 13.7 Å². The minimum absolute atomic E-state index is 0.297. The normalized spacial score (nSPS) is 29.5. The van der Waals surface area contributed by atoms with Crippen LogP contribution in [0.5, 0.6) is 0 Å². The van der Waals surface area contributed by atoms with E-state index >= 15 is 0 Å². The van der Waals surface area contributed by atoms with Crippen molar-refractivity contribution < 1.29 is 22.5 Å². The largest absolute Gasteiger partial charge is 0.446 e. The van der Waals surface area contributed by atoms with Gasteiger partial charge in [-0.3, -0.25) is 9.35 Å². The molecule has 2 unspecified atom stereocenters. The average Bonchev–Trinajstić information content (AvgIpc) is 2.29. The van der Waals surface area contributed by atoms with E-state index in [1.807, 2.05) is 0 Å². The maximum atomic E-state index is 10.7. The number of nitrogens with zero attached hydrogens (tertiary/aromatic N) is 1. The fourth-order valence-corrected chi connectivity index (χ4v) is 1.59. The lowest BCUT2D eigenvalue weighted by Crippen LogP contribution is -2.24. The van der Waals surface area contributed by atoms with E-state index in [2.05, 4.69) is 4.74 Å². The van der Waals surface area contributed by atoms with Crippen LogP contribution in [0.15, 0.2) is 0 Å². The third-order valence-corrected chi connectivity index (χ3v) is 2.56. The number of cyclic esters (lactones) is 1. The highest BCUT2D eigenvalue weighted by Crippen LogP contribution is 2.19. The molecule has 66 valence electrons. The van der Waals surface area contributed by atoms with Crippen LogP contribution in [0.3, 0.4) is 0 Å². The van der Waals surface area contributed by atoms with Crippen LogP contribution in [0.4, 0.5) is 0 Å². The maximum absolute atomic E-state index is 10.7. The number of carbonyl (C=O) groups is 1. The molecule has 0 amide bonds. The minimum atomic E-state index is -4.42. The van der Waals surface area contributed by atoms with E-state index in [-0.39, 0.29) is 6.42 Å². The van der Waals surface area contributed by atoms with Gasteiger partial charge in [-0.1, -0.05) is 0 Å². The van der Waals surface area contributed by atoms with Gasteiger partial charge in [0, 0.05) is 6.42 Å². The summed E-state index contributed by atoms with van der Waals surface area (Å²) in [5.74, 6) is -1.07. The number of nitriles is 1. The van der Waals surface area contributed by atoms with Crippen LogP contribution < -0.4 is 0 Å². The number of rotatable bonds is 1. The summed E-state index contributed by atoms with van der Waals surface area (Å²) in [6.45, 7) is 0. The van der Waals surface area contributed by atoms with Gasteiger partial charge >= 0.3 is 5.97 Å². The molecule has 12 heavy (non-hydrogen) atoms. The van der Waals surface area contributed by atoms with Gasteiger partial charge in [-0.15, -0.1) is 0 Å². The summed E-state index contributed by atoms with van der Waals surface area (Å²) < 4.78 is 33.7. The van der Waals surface area contributed by atoms with Crippen LogP contribution in [0.25, 0.3) is 0 Å². The number of hydrogen-bond acceptors (Lipinski definition) is 5. The second-order valence-corrected chi connectivity index (χ2v) is 3.89. The second kappa shape index (κ2) is 2.73. The van der Waals surface area contributed by atoms with E-state index in [1.165, 1.54) is 0 Å². The Hall–Kier alpha value is -1.13. The van der Waals surface area contributed by atoms with Gasteiger partial charge in [0.25, 0.3) is 10.1 Å². The molecule has 1 aliphatic rings. The molecule has 6 nitrogen and oxygen atoms in total. The lowest BCUT2D eigenvalue weighted by atomic mass is 10.2. The van der Waals surface area contributed by atoms with Gasteiger partial charge in [0.05, 0.1) is 0 Å². The Kier molecular flexibility index (Phi) is 2.04. The van der Waals surface area contributed by atoms with Crippen LogP contribution in [0, 0.1) is 11.3 Å². The maximum Gasteiger partial charge on any atom is 0.328 e. The predicted octanol–water partition coefficient (Wildman–Crippen LogP) is -0.918. The van der Waals surface area contributed by atoms with Crippen LogP contribution >= 0.6 is 0 Å². The molecule has 1 rings (SSSR count). The molecule has 0 aliphatic carbocycles. The molecule has 0 spiro atoms. The third kappa shape index (κ3) is 1.54. The minimum Gasteiger partial charge on any atom is -0.446 e. The van der Waals surface area contributed by atoms with Crippen molar-refractivity contribution in [2.24, 2.45) is 0 Å². The molecular formula is C5H5NO5S. The zero-order valence-electron chi connectivity index (χ0n) is 5.80. The molecule has 1 saturated heterocycles. The summed E-state index contributed by atoms with van der Waals surface area (Å²) in [7, 11) is -4.42. The van der Waals surface area contributed by atoms with Gasteiger partial charge in [-0.05, 0) is 0 Å². The molecule has 1 aliphatic heterocycles. The Labute approximate surface area is 68.5 Å². The molecule has 0 aromatic rings. The van der Waals surface area contributed by atoms with E-state index in [0.29, 0.717) is 0 Å². The summed E-state index contributed by atoms with van der Waals surface area (Å²) in [6.07, 6.45) is -1.36. The summed E-state index contributed by atoms with van der Waals surface area (Å²) in [4.78, 5) is 10.7. The fourth-order valence-electron chi connectivity index (χ4n) is 0.877. The first-order valence-corrected chi connectivity index (χ1v) is 4.52. The number of ether oxygens (including phenoxy) is 1. The first kappa shape index (κ1) is 8.96. The first-order valence-electron chi connectivity index (χ1n) is 3.01. The molecule has 1 fully saturated rings. The van der Waals surface area contributed by atoms with Crippen molar-refractivity contribution in [2.45, 2.75) is 17.8 Å². The van der Waals surface area contributed by atoms with E-state index < -0.39 is 27.4 Å². The van der Waals surface area contributed by atoms with E-state index in [4.69, 9.17) is 9.81 Å². The predicted molar refractivity (Wildman–Crippen MR) is 35.4 cm³/mol. The highest BCUT2D eigenvalue weighted by Gasteiger charge is 2.42. The van der Waals surface area contributed by atoms with Crippen LogP contribution in [-0.4, -0.2) is 30.3 Å². The quantitative estimate of drug-likeness (QED) is 0.424.